The fourth-order valence-corrected chi connectivity index (χ4v) is 3.48. The molecule has 0 unspecified atom stereocenters. The Hall–Kier alpha value is -3.98. The standard InChI is InChI=1S/C23H17ClFN3O5/c1-26-20(29)17-15-9-14(12-8-16(23(30)32-3)21(31-2)27-10-12)19(24)28-22(15)33-18(17)11-4-6-13(25)7-5-11/h4-10H,1-3H3,(H,26,29)/i2D3,3D3. The minimum atomic E-state index is -3.14. The maximum atomic E-state index is 13.5. The second-order valence-corrected chi connectivity index (χ2v) is 7.00. The van der Waals surface area contributed by atoms with E-state index in [0.717, 1.165) is 12.3 Å². The van der Waals surface area contributed by atoms with Gasteiger partial charge < -0.3 is 19.2 Å². The number of methoxy groups -OCH3 is 2. The summed E-state index contributed by atoms with van der Waals surface area (Å²) in [6.45, 7) is 0. The van der Waals surface area contributed by atoms with Crippen molar-refractivity contribution >= 4 is 34.6 Å². The molecule has 33 heavy (non-hydrogen) atoms. The molecule has 0 aliphatic carbocycles. The number of furan rings is 1. The molecule has 4 rings (SSSR count). The number of carbonyl (C=O) groups excluding carboxylic acids is 2. The van der Waals surface area contributed by atoms with Gasteiger partial charge in [-0.25, -0.2) is 19.2 Å². The summed E-state index contributed by atoms with van der Waals surface area (Å²) in [6, 6.07) is 7.70. The summed E-state index contributed by atoms with van der Waals surface area (Å²) in [5, 5.41) is 2.54. The molecule has 0 fully saturated rings. The molecule has 0 saturated heterocycles. The Kier molecular flexibility index (Phi) is 4.24. The number of hydrogen-bond donors (Lipinski definition) is 1. The van der Waals surface area contributed by atoms with Gasteiger partial charge >= 0.3 is 5.97 Å². The molecule has 0 bridgehead atoms. The van der Waals surface area contributed by atoms with Crippen LogP contribution in [0.5, 0.6) is 5.88 Å². The average molecular weight is 476 g/mol. The summed E-state index contributed by atoms with van der Waals surface area (Å²) in [4.78, 5) is 33.5. The molecule has 0 aliphatic rings. The van der Waals surface area contributed by atoms with Crippen molar-refractivity contribution < 1.29 is 36.1 Å². The minimum absolute atomic E-state index is 0.0287. The molecular weight excluding hydrogens is 453 g/mol. The number of nitrogens with zero attached hydrogens (tertiary/aromatic N) is 2. The normalized spacial score (nSPS) is 14.3. The van der Waals surface area contributed by atoms with Crippen molar-refractivity contribution in [3.63, 3.8) is 0 Å². The number of hydrogen-bond acceptors (Lipinski definition) is 7. The van der Waals surface area contributed by atoms with Gasteiger partial charge in [-0.2, -0.15) is 0 Å². The van der Waals surface area contributed by atoms with E-state index in [2.05, 4.69) is 20.0 Å². The molecule has 10 heteroatoms. The van der Waals surface area contributed by atoms with E-state index in [1.807, 2.05) is 0 Å². The van der Waals surface area contributed by atoms with E-state index < -0.39 is 43.2 Å². The smallest absolute Gasteiger partial charge is 0.343 e. The van der Waals surface area contributed by atoms with Crippen LogP contribution in [0, 0.1) is 5.82 Å². The van der Waals surface area contributed by atoms with Crippen molar-refractivity contribution in [2.75, 3.05) is 21.1 Å². The van der Waals surface area contributed by atoms with E-state index in [-0.39, 0.29) is 38.7 Å². The van der Waals surface area contributed by atoms with Crippen LogP contribution in [0.1, 0.15) is 28.9 Å². The first-order valence-corrected chi connectivity index (χ1v) is 9.58. The number of pyridine rings is 2. The molecule has 0 spiro atoms. The number of nitrogens with one attached hydrogen (secondary N) is 1. The van der Waals surface area contributed by atoms with Crippen LogP contribution in [0.15, 0.2) is 47.0 Å². The van der Waals surface area contributed by atoms with Crippen molar-refractivity contribution in [1.29, 1.82) is 0 Å². The highest BCUT2D eigenvalue weighted by molar-refractivity contribution is 6.32. The maximum Gasteiger partial charge on any atom is 0.343 e. The second kappa shape index (κ2) is 8.87. The molecule has 1 amide bonds. The van der Waals surface area contributed by atoms with E-state index in [4.69, 9.17) is 29.0 Å². The predicted octanol–water partition coefficient (Wildman–Crippen LogP) is 4.50. The third-order valence-electron chi connectivity index (χ3n) is 4.77. The number of benzene rings is 1. The lowest BCUT2D eigenvalue weighted by molar-refractivity contribution is 0.0596. The largest absolute Gasteiger partial charge is 0.480 e. The second-order valence-electron chi connectivity index (χ2n) is 6.64. The van der Waals surface area contributed by atoms with Gasteiger partial charge in [0.2, 0.25) is 11.6 Å². The van der Waals surface area contributed by atoms with Gasteiger partial charge in [0.25, 0.3) is 5.91 Å². The van der Waals surface area contributed by atoms with Crippen LogP contribution in [-0.2, 0) is 4.74 Å². The number of rotatable bonds is 5. The molecule has 0 saturated carbocycles. The fourth-order valence-electron chi connectivity index (χ4n) is 3.24. The van der Waals surface area contributed by atoms with E-state index in [0.29, 0.717) is 5.56 Å². The zero-order chi connectivity index (χ0) is 28.7. The van der Waals surface area contributed by atoms with Crippen LogP contribution in [0.4, 0.5) is 4.39 Å². The van der Waals surface area contributed by atoms with Crippen LogP contribution in [-0.4, -0.2) is 43.0 Å². The third-order valence-corrected chi connectivity index (χ3v) is 5.06. The fraction of sp³-hybridized carbons (Fsp3) is 0.130. The maximum absolute atomic E-state index is 13.5. The van der Waals surface area contributed by atoms with Crippen LogP contribution in [0.25, 0.3) is 33.6 Å². The zero-order valence-corrected chi connectivity index (χ0v) is 17.5. The van der Waals surface area contributed by atoms with Gasteiger partial charge in [0.1, 0.15) is 22.3 Å². The zero-order valence-electron chi connectivity index (χ0n) is 22.7. The molecule has 0 aliphatic heterocycles. The SMILES string of the molecule is [2H]C([2H])([2H])OC(=O)c1cc(-c2cc3c(C(=O)NC)c(-c4ccc(F)cc4)oc3nc2Cl)cnc1OC([2H])([2H])[2H]. The molecule has 168 valence electrons. The molecule has 3 heterocycles. The number of carbonyl (C=O) groups is 2. The van der Waals surface area contributed by atoms with E-state index in [1.54, 1.807) is 0 Å². The average Bonchev–Trinajstić information content (AvgIpc) is 3.19. The molecule has 4 aromatic rings. The first-order valence-electron chi connectivity index (χ1n) is 12.2. The molecule has 3 aromatic heterocycles. The predicted molar refractivity (Wildman–Crippen MR) is 119 cm³/mol. The molecule has 0 atom stereocenters. The van der Waals surface area contributed by atoms with Gasteiger partial charge in [0.05, 0.1) is 33.3 Å². The van der Waals surface area contributed by atoms with Gasteiger partial charge in [-0.1, -0.05) is 11.6 Å². The van der Waals surface area contributed by atoms with E-state index >= 15 is 0 Å². The Labute approximate surface area is 200 Å². The Balaban J connectivity index is 1.91. The van der Waals surface area contributed by atoms with Crippen LogP contribution in [0.2, 0.25) is 5.15 Å². The van der Waals surface area contributed by atoms with Crippen molar-refractivity contribution in [2.45, 2.75) is 0 Å². The summed E-state index contributed by atoms with van der Waals surface area (Å²) in [7, 11) is -4.76. The Morgan fingerprint density at radius 3 is 2.67 bits per heavy atom. The lowest BCUT2D eigenvalue weighted by atomic mass is 10.0. The summed E-state index contributed by atoms with van der Waals surface area (Å²) in [5.41, 5.74) is 0.00421. The number of esters is 1. The van der Waals surface area contributed by atoms with Gasteiger partial charge in [0, 0.05) is 29.9 Å². The topological polar surface area (TPSA) is 104 Å². The van der Waals surface area contributed by atoms with Crippen LogP contribution in [0.3, 0.4) is 0 Å². The van der Waals surface area contributed by atoms with Gasteiger partial charge in [0.15, 0.2) is 0 Å². The molecule has 0 radical (unpaired) electrons. The Bertz CT molecular complexity index is 1590. The highest BCUT2D eigenvalue weighted by Crippen LogP contribution is 2.38. The highest BCUT2D eigenvalue weighted by Gasteiger charge is 2.25. The van der Waals surface area contributed by atoms with Crippen molar-refractivity contribution in [2.24, 2.45) is 0 Å². The monoisotopic (exact) mass is 475 g/mol. The first-order chi connectivity index (χ1) is 18.2. The first kappa shape index (κ1) is 15.8. The summed E-state index contributed by atoms with van der Waals surface area (Å²) in [6.07, 6.45) is 1.11. The Morgan fingerprint density at radius 1 is 1.18 bits per heavy atom. The van der Waals surface area contributed by atoms with Gasteiger partial charge in [-0.3, -0.25) is 4.79 Å². The summed E-state index contributed by atoms with van der Waals surface area (Å²) in [5.74, 6) is -3.09. The van der Waals surface area contributed by atoms with Crippen molar-refractivity contribution in [3.05, 3.63) is 64.7 Å². The van der Waals surface area contributed by atoms with Crippen molar-refractivity contribution in [1.82, 2.24) is 15.3 Å². The highest BCUT2D eigenvalue weighted by atomic mass is 35.5. The molecule has 8 nitrogen and oxygen atoms in total. The summed E-state index contributed by atoms with van der Waals surface area (Å²) < 4.78 is 71.9. The number of aromatic nitrogens is 2. The third kappa shape index (κ3) is 3.98. The van der Waals surface area contributed by atoms with Crippen LogP contribution < -0.4 is 10.1 Å². The number of fused-ring (bicyclic) bond motifs is 1. The molecule has 1 N–H and O–H groups in total. The van der Waals surface area contributed by atoms with E-state index in [9.17, 15) is 14.0 Å². The van der Waals surface area contributed by atoms with Crippen LogP contribution >= 0.6 is 11.6 Å². The van der Waals surface area contributed by atoms with Gasteiger partial charge in [-0.05, 0) is 36.4 Å². The summed E-state index contributed by atoms with van der Waals surface area (Å²) >= 11 is 6.39. The molecular formula is C23H17ClFN3O5. The van der Waals surface area contributed by atoms with Crippen molar-refractivity contribution in [3.8, 4) is 28.3 Å². The minimum Gasteiger partial charge on any atom is -0.480 e. The number of halogens is 2. The molecule has 1 aromatic carbocycles. The lowest BCUT2D eigenvalue weighted by Gasteiger charge is -2.09. The van der Waals surface area contributed by atoms with E-state index in [1.165, 1.54) is 37.4 Å². The quantitative estimate of drug-likeness (QED) is 0.334. The number of ether oxygens (including phenoxy) is 2. The lowest BCUT2D eigenvalue weighted by Crippen LogP contribution is -2.18. The number of amides is 1. The Morgan fingerprint density at radius 2 is 1.97 bits per heavy atom. The van der Waals surface area contributed by atoms with Gasteiger partial charge in [-0.15, -0.1) is 0 Å².